The van der Waals surface area contributed by atoms with E-state index in [-0.39, 0.29) is 0 Å². The van der Waals surface area contributed by atoms with Crippen molar-refractivity contribution >= 4 is 34.8 Å². The van der Waals surface area contributed by atoms with Crippen molar-refractivity contribution in [1.29, 1.82) is 0 Å². The van der Waals surface area contributed by atoms with E-state index in [9.17, 15) is 105 Å². The molecule has 0 aliphatic rings. The molecule has 0 saturated heterocycles. The van der Waals surface area contributed by atoms with Crippen LogP contribution in [0.1, 0.15) is 6.42 Å². The quantitative estimate of drug-likeness (QED) is 0.188. The van der Waals surface area contributed by atoms with Gasteiger partial charge in [-0.1, -0.05) is 34.8 Å². The first-order valence-corrected chi connectivity index (χ1v) is 8.84. The molecule has 0 bridgehead atoms. The van der Waals surface area contributed by atoms with Crippen molar-refractivity contribution in [1.82, 2.24) is 0 Å². The van der Waals surface area contributed by atoms with Crippen molar-refractivity contribution in [3.05, 3.63) is 0 Å². The average molecular weight is 713 g/mol. The molecule has 27 heteroatoms. The second-order valence-corrected chi connectivity index (χ2v) is 6.74. The molecular formula is C12H7Cl3F24. The predicted octanol–water partition coefficient (Wildman–Crippen LogP) is 10.9. The van der Waals surface area contributed by atoms with Gasteiger partial charge in [-0.25, -0.2) is 17.6 Å². The second-order valence-electron chi connectivity index (χ2n) is 5.26. The van der Waals surface area contributed by atoms with E-state index >= 15 is 0 Å². The molecule has 1 atom stereocenters. The van der Waals surface area contributed by atoms with Crippen LogP contribution in [0.5, 0.6) is 0 Å². The number of halogens is 27. The molecule has 0 aromatic heterocycles. The van der Waals surface area contributed by atoms with Gasteiger partial charge in [0.15, 0.2) is 6.67 Å². The zero-order valence-corrected chi connectivity index (χ0v) is 19.1. The minimum Gasteiger partial charge on any atom is -0.241 e. The average Bonchev–Trinajstić information content (AvgIpc) is 2.57. The summed E-state index contributed by atoms with van der Waals surface area (Å²) in [4.78, 5) is -2.26. The topological polar surface area (TPSA) is 0 Å². The lowest BCUT2D eigenvalue weighted by atomic mass is 10.3. The SMILES string of the molecule is FC(Cl)C(F)(F)F.FC(F)(F)C(Cl)Cl.FC(F)(F)CC(F)(F)F.FC(F)C(F)(F)C(F)(F)F.FCC(F)(F)F. The van der Waals surface area contributed by atoms with Crippen molar-refractivity contribution in [3.63, 3.8) is 0 Å². The van der Waals surface area contributed by atoms with Gasteiger partial charge in [-0.3, -0.25) is 0 Å². The molecule has 0 fully saturated rings. The van der Waals surface area contributed by atoms with Gasteiger partial charge in [-0.2, -0.15) is 87.8 Å². The standard InChI is InChI=1S/C3HF7.C3H2F6.C2HCl2F3.C2HClF4.C2H2F4/c4-1(5)2(6,7)3(8,9)10;4-2(5,6)1-3(7,8)9;2*3-1(4)2(5,6)7;3-1-2(4,5)6/h1H;1H2;2*1H;1H2. The molecule has 0 N–H and O–H groups in total. The van der Waals surface area contributed by atoms with Gasteiger partial charge < -0.3 is 0 Å². The molecule has 0 aromatic rings. The summed E-state index contributed by atoms with van der Waals surface area (Å²) in [7, 11) is 0. The normalized spacial score (nSPS) is 14.1. The Kier molecular flexibility index (Phi) is 22.0. The van der Waals surface area contributed by atoms with Crippen LogP contribution in [-0.2, 0) is 0 Å². The van der Waals surface area contributed by atoms with E-state index in [1.807, 2.05) is 0 Å². The van der Waals surface area contributed by atoms with Gasteiger partial charge in [0.25, 0.3) is 5.63 Å². The summed E-state index contributed by atoms with van der Waals surface area (Å²) in [6.45, 7) is -2.23. The van der Waals surface area contributed by atoms with Crippen LogP contribution in [0.25, 0.3) is 0 Å². The van der Waals surface area contributed by atoms with E-state index in [1.165, 1.54) is 0 Å². The molecule has 0 aliphatic carbocycles. The monoisotopic (exact) mass is 712 g/mol. The van der Waals surface area contributed by atoms with E-state index in [4.69, 9.17) is 0 Å². The van der Waals surface area contributed by atoms with Crippen LogP contribution in [0.3, 0.4) is 0 Å². The van der Waals surface area contributed by atoms with Gasteiger partial charge in [0, 0.05) is 0 Å². The van der Waals surface area contributed by atoms with Crippen molar-refractivity contribution in [3.8, 4) is 0 Å². The maximum Gasteiger partial charge on any atom is 0.459 e. The minimum absolute atomic E-state index is 2.23. The van der Waals surface area contributed by atoms with Crippen LogP contribution < -0.4 is 0 Å². The fourth-order valence-electron chi connectivity index (χ4n) is 0.351. The lowest BCUT2D eigenvalue weighted by Crippen LogP contribution is -2.42. The molecule has 0 rings (SSSR count). The van der Waals surface area contributed by atoms with Gasteiger partial charge >= 0.3 is 49.4 Å². The molecule has 0 nitrogen and oxygen atoms in total. The summed E-state index contributed by atoms with van der Waals surface area (Å²) in [5.41, 5.74) is -3.23. The van der Waals surface area contributed by atoms with Crippen LogP contribution in [0.15, 0.2) is 0 Å². The Morgan fingerprint density at radius 1 is 0.462 bits per heavy atom. The summed E-state index contributed by atoms with van der Waals surface area (Å²) in [6, 6.07) is 0. The van der Waals surface area contributed by atoms with Gasteiger partial charge in [-0.15, -0.1) is 0 Å². The third kappa shape index (κ3) is 37.2. The summed E-state index contributed by atoms with van der Waals surface area (Å²) >= 11 is 12.8. The molecular weight excluding hydrogens is 706 g/mol. The molecule has 0 heterocycles. The van der Waals surface area contributed by atoms with Crippen LogP contribution in [0.2, 0.25) is 0 Å². The minimum atomic E-state index is -6.17. The second kappa shape index (κ2) is 17.9. The first kappa shape index (κ1) is 47.9. The van der Waals surface area contributed by atoms with Crippen LogP contribution in [0, 0.1) is 0 Å². The van der Waals surface area contributed by atoms with E-state index in [1.54, 1.807) is 0 Å². The smallest absolute Gasteiger partial charge is 0.241 e. The molecule has 39 heavy (non-hydrogen) atoms. The van der Waals surface area contributed by atoms with Crippen molar-refractivity contribution < 1.29 is 105 Å². The van der Waals surface area contributed by atoms with Crippen LogP contribution in [0.4, 0.5) is 105 Å². The lowest BCUT2D eigenvalue weighted by Gasteiger charge is -2.17. The third-order valence-corrected chi connectivity index (χ3v) is 2.44. The van der Waals surface area contributed by atoms with Crippen molar-refractivity contribution in [2.24, 2.45) is 0 Å². The van der Waals surface area contributed by atoms with E-state index in [0.717, 1.165) is 0 Å². The fourth-order valence-corrected chi connectivity index (χ4v) is 0.351. The highest BCUT2D eigenvalue weighted by Crippen LogP contribution is 2.39. The Morgan fingerprint density at radius 2 is 0.667 bits per heavy atom. The van der Waals surface area contributed by atoms with Crippen molar-refractivity contribution in [2.45, 2.75) is 66.3 Å². The molecule has 0 saturated carbocycles. The molecule has 1 unspecified atom stereocenters. The summed E-state index contributed by atoms with van der Waals surface area (Å²) in [6.07, 6.45) is -37.9. The summed E-state index contributed by atoms with van der Waals surface area (Å²) in [5.74, 6) is -5.90. The molecule has 0 amide bonds. The highest BCUT2D eigenvalue weighted by Gasteiger charge is 2.64. The number of rotatable bonds is 1. The first-order chi connectivity index (χ1) is 16.3. The largest absolute Gasteiger partial charge is 0.459 e. The van der Waals surface area contributed by atoms with Crippen molar-refractivity contribution in [2.75, 3.05) is 6.67 Å². The van der Waals surface area contributed by atoms with Crippen LogP contribution in [-0.4, -0.2) is 66.5 Å². The maximum absolute atomic E-state index is 11.2. The lowest BCUT2D eigenvalue weighted by molar-refractivity contribution is -0.320. The van der Waals surface area contributed by atoms with Gasteiger partial charge in [0.2, 0.25) is 4.84 Å². The Morgan fingerprint density at radius 3 is 0.667 bits per heavy atom. The molecule has 0 aliphatic heterocycles. The zero-order valence-electron chi connectivity index (χ0n) is 16.9. The highest BCUT2D eigenvalue weighted by atomic mass is 35.5. The molecule has 244 valence electrons. The van der Waals surface area contributed by atoms with Crippen LogP contribution >= 0.6 is 34.8 Å². The number of hydrogen-bond donors (Lipinski definition) is 0. The maximum atomic E-state index is 11.2. The Labute approximate surface area is 214 Å². The molecule has 0 radical (unpaired) electrons. The van der Waals surface area contributed by atoms with Gasteiger partial charge in [0.1, 0.15) is 6.42 Å². The fraction of sp³-hybridized carbons (Fsp3) is 1.00. The van der Waals surface area contributed by atoms with Gasteiger partial charge in [0.05, 0.1) is 0 Å². The zero-order chi connectivity index (χ0) is 33.6. The van der Waals surface area contributed by atoms with E-state index in [2.05, 4.69) is 34.8 Å². The van der Waals surface area contributed by atoms with E-state index < -0.39 is 73.0 Å². The van der Waals surface area contributed by atoms with E-state index in [0.29, 0.717) is 0 Å². The van der Waals surface area contributed by atoms with Gasteiger partial charge in [-0.05, 0) is 0 Å². The first-order valence-electron chi connectivity index (χ1n) is 7.53. The number of alkyl halides is 27. The Hall–Kier alpha value is -0.810. The predicted molar refractivity (Wildman–Crippen MR) is 84.1 cm³/mol. The third-order valence-electron chi connectivity index (χ3n) is 1.70. The highest BCUT2D eigenvalue weighted by molar-refractivity contribution is 6.44. The Balaban J connectivity index is -0.000000125. The summed E-state index contributed by atoms with van der Waals surface area (Å²) < 4.78 is 259. The Bertz CT molecular complexity index is 558. The molecule has 0 aromatic carbocycles. The summed E-state index contributed by atoms with van der Waals surface area (Å²) in [5, 5.41) is 0. The molecule has 0 spiro atoms. The number of hydrogen-bond acceptors (Lipinski definition) is 0.